The molecular formula is C15H23NO. The van der Waals surface area contributed by atoms with Crippen molar-refractivity contribution in [2.45, 2.75) is 39.2 Å². The van der Waals surface area contributed by atoms with E-state index in [1.807, 2.05) is 12.1 Å². The maximum Gasteiger partial charge on any atom is 0.119 e. The van der Waals surface area contributed by atoms with E-state index in [0.717, 1.165) is 11.7 Å². The van der Waals surface area contributed by atoms with E-state index >= 15 is 0 Å². The minimum Gasteiger partial charge on any atom is -0.497 e. The topological polar surface area (TPSA) is 12.5 Å². The number of anilines is 1. The third-order valence-electron chi connectivity index (χ3n) is 3.94. The van der Waals surface area contributed by atoms with E-state index in [9.17, 15) is 0 Å². The molecule has 1 heterocycles. The number of hydrogen-bond acceptors (Lipinski definition) is 2. The fraction of sp³-hybridized carbons (Fsp3) is 0.600. The SMILES string of the molecule is CCCC[C@@H]1CN(c2ccc(OC)cc2)[C@H]1C. The summed E-state index contributed by atoms with van der Waals surface area (Å²) in [6, 6.07) is 9.09. The predicted molar refractivity (Wildman–Crippen MR) is 72.8 cm³/mol. The monoisotopic (exact) mass is 233 g/mol. The Morgan fingerprint density at radius 2 is 2.00 bits per heavy atom. The fourth-order valence-corrected chi connectivity index (χ4v) is 2.60. The highest BCUT2D eigenvalue weighted by Crippen LogP contribution is 2.34. The summed E-state index contributed by atoms with van der Waals surface area (Å²) in [6.45, 7) is 5.83. The van der Waals surface area contributed by atoms with Crippen LogP contribution in [0.2, 0.25) is 0 Å². The van der Waals surface area contributed by atoms with E-state index in [1.54, 1.807) is 7.11 Å². The van der Waals surface area contributed by atoms with Gasteiger partial charge in [-0.15, -0.1) is 0 Å². The number of hydrogen-bond donors (Lipinski definition) is 0. The van der Waals surface area contributed by atoms with Crippen molar-refractivity contribution in [1.29, 1.82) is 0 Å². The predicted octanol–water partition coefficient (Wildman–Crippen LogP) is 3.71. The van der Waals surface area contributed by atoms with Gasteiger partial charge in [-0.05, 0) is 43.5 Å². The Morgan fingerprint density at radius 3 is 2.53 bits per heavy atom. The van der Waals surface area contributed by atoms with Gasteiger partial charge >= 0.3 is 0 Å². The molecule has 0 radical (unpaired) electrons. The summed E-state index contributed by atoms with van der Waals surface area (Å²) in [4.78, 5) is 2.49. The summed E-state index contributed by atoms with van der Waals surface area (Å²) in [5.74, 6) is 1.82. The van der Waals surface area contributed by atoms with E-state index in [4.69, 9.17) is 4.74 Å². The number of ether oxygens (including phenoxy) is 1. The number of benzene rings is 1. The Balaban J connectivity index is 1.92. The summed E-state index contributed by atoms with van der Waals surface area (Å²) < 4.78 is 5.18. The van der Waals surface area contributed by atoms with Crippen LogP contribution < -0.4 is 9.64 Å². The maximum absolute atomic E-state index is 5.18. The van der Waals surface area contributed by atoms with Crippen molar-refractivity contribution >= 4 is 5.69 Å². The lowest BCUT2D eigenvalue weighted by Gasteiger charge is -2.48. The minimum atomic E-state index is 0.690. The highest BCUT2D eigenvalue weighted by atomic mass is 16.5. The van der Waals surface area contributed by atoms with Crippen molar-refractivity contribution in [2.24, 2.45) is 5.92 Å². The molecule has 1 saturated heterocycles. The molecule has 1 aliphatic heterocycles. The highest BCUT2D eigenvalue weighted by molar-refractivity contribution is 5.52. The van der Waals surface area contributed by atoms with Gasteiger partial charge in [0.25, 0.3) is 0 Å². The van der Waals surface area contributed by atoms with Crippen LogP contribution >= 0.6 is 0 Å². The lowest BCUT2D eigenvalue weighted by atomic mass is 9.85. The first-order valence-electron chi connectivity index (χ1n) is 6.67. The van der Waals surface area contributed by atoms with E-state index in [1.165, 1.54) is 31.5 Å². The van der Waals surface area contributed by atoms with Crippen molar-refractivity contribution < 1.29 is 4.74 Å². The van der Waals surface area contributed by atoms with Crippen LogP contribution in [0.3, 0.4) is 0 Å². The Kier molecular flexibility index (Phi) is 3.93. The molecule has 0 aliphatic carbocycles. The van der Waals surface area contributed by atoms with Gasteiger partial charge in [0.1, 0.15) is 5.75 Å². The number of unbranched alkanes of at least 4 members (excludes halogenated alkanes) is 1. The lowest BCUT2D eigenvalue weighted by Crippen LogP contribution is -2.54. The van der Waals surface area contributed by atoms with Gasteiger partial charge in [0.05, 0.1) is 7.11 Å². The molecule has 0 saturated carbocycles. The molecule has 0 N–H and O–H groups in total. The van der Waals surface area contributed by atoms with E-state index in [2.05, 4.69) is 30.9 Å². The normalized spacial score (nSPS) is 23.4. The first-order chi connectivity index (χ1) is 8.26. The third kappa shape index (κ3) is 2.56. The van der Waals surface area contributed by atoms with Crippen molar-refractivity contribution in [1.82, 2.24) is 0 Å². The molecular weight excluding hydrogens is 210 g/mol. The highest BCUT2D eigenvalue weighted by Gasteiger charge is 2.34. The number of methoxy groups -OCH3 is 1. The largest absolute Gasteiger partial charge is 0.497 e. The van der Waals surface area contributed by atoms with Crippen LogP contribution in [0.5, 0.6) is 5.75 Å². The van der Waals surface area contributed by atoms with Gasteiger partial charge in [0.2, 0.25) is 0 Å². The van der Waals surface area contributed by atoms with Gasteiger partial charge in [-0.25, -0.2) is 0 Å². The maximum atomic E-state index is 5.18. The Labute approximate surface area is 105 Å². The van der Waals surface area contributed by atoms with Gasteiger partial charge in [-0.3, -0.25) is 0 Å². The number of rotatable bonds is 5. The molecule has 1 aromatic carbocycles. The quantitative estimate of drug-likeness (QED) is 0.768. The molecule has 0 bridgehead atoms. The molecule has 1 aromatic rings. The molecule has 1 fully saturated rings. The third-order valence-corrected chi connectivity index (χ3v) is 3.94. The summed E-state index contributed by atoms with van der Waals surface area (Å²) >= 11 is 0. The average molecular weight is 233 g/mol. The Morgan fingerprint density at radius 1 is 1.29 bits per heavy atom. The first kappa shape index (κ1) is 12.3. The molecule has 1 aliphatic rings. The minimum absolute atomic E-state index is 0.690. The summed E-state index contributed by atoms with van der Waals surface area (Å²) in [7, 11) is 1.71. The molecule has 2 atom stereocenters. The van der Waals surface area contributed by atoms with Crippen LogP contribution in [-0.4, -0.2) is 19.7 Å². The van der Waals surface area contributed by atoms with Crippen LogP contribution in [0.15, 0.2) is 24.3 Å². The van der Waals surface area contributed by atoms with Gasteiger partial charge in [0.15, 0.2) is 0 Å². The summed E-state index contributed by atoms with van der Waals surface area (Å²) in [5.41, 5.74) is 1.33. The molecule has 2 nitrogen and oxygen atoms in total. The van der Waals surface area contributed by atoms with Crippen LogP contribution in [0.1, 0.15) is 33.1 Å². The zero-order chi connectivity index (χ0) is 12.3. The first-order valence-corrected chi connectivity index (χ1v) is 6.67. The zero-order valence-corrected chi connectivity index (χ0v) is 11.1. The van der Waals surface area contributed by atoms with E-state index in [-0.39, 0.29) is 0 Å². The lowest BCUT2D eigenvalue weighted by molar-refractivity contribution is 0.287. The van der Waals surface area contributed by atoms with Gasteiger partial charge in [-0.2, -0.15) is 0 Å². The van der Waals surface area contributed by atoms with Gasteiger partial charge < -0.3 is 9.64 Å². The molecule has 0 aromatic heterocycles. The molecule has 2 heteroatoms. The van der Waals surface area contributed by atoms with E-state index in [0.29, 0.717) is 6.04 Å². The smallest absolute Gasteiger partial charge is 0.119 e. The standard InChI is InChI=1S/C15H23NO/c1-4-5-6-13-11-16(12(13)2)14-7-9-15(17-3)10-8-14/h7-10,12-13H,4-6,11H2,1-3H3/t12-,13+/m0/s1. The van der Waals surface area contributed by atoms with Crippen molar-refractivity contribution in [2.75, 3.05) is 18.6 Å². The van der Waals surface area contributed by atoms with E-state index < -0.39 is 0 Å². The van der Waals surface area contributed by atoms with Crippen molar-refractivity contribution in [3.05, 3.63) is 24.3 Å². The molecule has 0 spiro atoms. The van der Waals surface area contributed by atoms with Crippen molar-refractivity contribution in [3.63, 3.8) is 0 Å². The average Bonchev–Trinajstić information content (AvgIpc) is 2.38. The van der Waals surface area contributed by atoms with Crippen molar-refractivity contribution in [3.8, 4) is 5.75 Å². The van der Waals surface area contributed by atoms with Crippen LogP contribution in [-0.2, 0) is 0 Å². The van der Waals surface area contributed by atoms with Crippen LogP contribution in [0, 0.1) is 5.92 Å². The Bertz CT molecular complexity index is 346. The molecule has 94 valence electrons. The van der Waals surface area contributed by atoms with Crippen LogP contribution in [0.4, 0.5) is 5.69 Å². The summed E-state index contributed by atoms with van der Waals surface area (Å²) in [6.07, 6.45) is 4.06. The molecule has 2 rings (SSSR count). The second-order valence-corrected chi connectivity index (χ2v) is 4.99. The second kappa shape index (κ2) is 5.44. The molecule has 0 amide bonds. The van der Waals surface area contributed by atoms with Gasteiger partial charge in [0, 0.05) is 18.3 Å². The van der Waals surface area contributed by atoms with Gasteiger partial charge in [-0.1, -0.05) is 19.8 Å². The fourth-order valence-electron chi connectivity index (χ4n) is 2.60. The molecule has 0 unspecified atom stereocenters. The molecule has 17 heavy (non-hydrogen) atoms. The summed E-state index contributed by atoms with van der Waals surface area (Å²) in [5, 5.41) is 0. The Hall–Kier alpha value is -1.18. The number of nitrogens with zero attached hydrogens (tertiary/aromatic N) is 1. The second-order valence-electron chi connectivity index (χ2n) is 4.99. The van der Waals surface area contributed by atoms with Crippen LogP contribution in [0.25, 0.3) is 0 Å². The zero-order valence-electron chi connectivity index (χ0n) is 11.1.